The summed E-state index contributed by atoms with van der Waals surface area (Å²) in [6.07, 6.45) is 0.702. The summed E-state index contributed by atoms with van der Waals surface area (Å²) >= 11 is 0. The largest absolute Gasteiger partial charge is 0.348 e. The Labute approximate surface area is 179 Å². The van der Waals surface area contributed by atoms with E-state index in [1.165, 1.54) is 5.56 Å². The minimum absolute atomic E-state index is 0.0559. The lowest BCUT2D eigenvalue weighted by atomic mass is 10.0. The number of amides is 2. The summed E-state index contributed by atoms with van der Waals surface area (Å²) in [5, 5.41) is 5.56. The molecule has 0 aliphatic carbocycles. The number of carbonyl (C=O) groups excluding carboxylic acids is 2. The molecule has 3 rings (SSSR count). The molecular formula is C24H32N4O2. The SMILES string of the molecule is Cc1ccc([C@@H](CNC(=O)C(=O)NCCc2ccccc2)N2CCN(C)CC2)cc1. The van der Waals surface area contributed by atoms with Gasteiger partial charge in [-0.2, -0.15) is 0 Å². The summed E-state index contributed by atoms with van der Waals surface area (Å²) in [5.74, 6) is -1.15. The van der Waals surface area contributed by atoms with Crippen molar-refractivity contribution in [2.24, 2.45) is 0 Å². The highest BCUT2D eigenvalue weighted by molar-refractivity contribution is 6.35. The van der Waals surface area contributed by atoms with Crippen LogP contribution in [0.15, 0.2) is 54.6 Å². The van der Waals surface area contributed by atoms with E-state index in [0.717, 1.165) is 37.3 Å². The van der Waals surface area contributed by atoms with Gasteiger partial charge in [0.1, 0.15) is 0 Å². The summed E-state index contributed by atoms with van der Waals surface area (Å²) in [4.78, 5) is 29.3. The van der Waals surface area contributed by atoms with Crippen molar-refractivity contribution < 1.29 is 9.59 Å². The Kier molecular flexibility index (Phi) is 7.99. The van der Waals surface area contributed by atoms with Crippen molar-refractivity contribution >= 4 is 11.8 Å². The zero-order valence-corrected chi connectivity index (χ0v) is 17.9. The normalized spacial score (nSPS) is 16.1. The first-order valence-electron chi connectivity index (χ1n) is 10.6. The van der Waals surface area contributed by atoms with Crippen LogP contribution in [-0.4, -0.2) is 67.9 Å². The predicted octanol–water partition coefficient (Wildman–Crippen LogP) is 1.76. The van der Waals surface area contributed by atoms with Gasteiger partial charge >= 0.3 is 11.8 Å². The number of hydrogen-bond acceptors (Lipinski definition) is 4. The fraction of sp³-hybridized carbons (Fsp3) is 0.417. The van der Waals surface area contributed by atoms with Crippen LogP contribution in [0.4, 0.5) is 0 Å². The molecule has 2 N–H and O–H groups in total. The predicted molar refractivity (Wildman–Crippen MR) is 119 cm³/mol. The number of aryl methyl sites for hydroxylation is 1. The second-order valence-corrected chi connectivity index (χ2v) is 7.97. The van der Waals surface area contributed by atoms with Gasteiger partial charge in [0.2, 0.25) is 0 Å². The average molecular weight is 409 g/mol. The van der Waals surface area contributed by atoms with Gasteiger partial charge in [0.05, 0.1) is 6.04 Å². The molecule has 0 radical (unpaired) electrons. The third kappa shape index (κ3) is 6.40. The number of likely N-dealkylation sites (N-methyl/N-ethyl adjacent to an activating group) is 1. The summed E-state index contributed by atoms with van der Waals surface area (Å²) in [5.41, 5.74) is 3.50. The smallest absolute Gasteiger partial charge is 0.309 e. The molecule has 2 amide bonds. The van der Waals surface area contributed by atoms with Crippen molar-refractivity contribution in [3.05, 3.63) is 71.3 Å². The molecule has 0 bridgehead atoms. The van der Waals surface area contributed by atoms with E-state index < -0.39 is 11.8 Å². The topological polar surface area (TPSA) is 64.7 Å². The van der Waals surface area contributed by atoms with Crippen LogP contribution in [0.1, 0.15) is 22.7 Å². The third-order valence-electron chi connectivity index (χ3n) is 5.65. The maximum atomic E-state index is 12.4. The Hall–Kier alpha value is -2.70. The van der Waals surface area contributed by atoms with Crippen LogP contribution in [0.2, 0.25) is 0 Å². The molecule has 6 heteroatoms. The van der Waals surface area contributed by atoms with E-state index in [4.69, 9.17) is 0 Å². The fourth-order valence-electron chi connectivity index (χ4n) is 3.69. The van der Waals surface area contributed by atoms with Crippen LogP contribution in [-0.2, 0) is 16.0 Å². The van der Waals surface area contributed by atoms with Gasteiger partial charge in [0.15, 0.2) is 0 Å². The number of nitrogens with zero attached hydrogens (tertiary/aromatic N) is 2. The molecule has 0 unspecified atom stereocenters. The first-order valence-corrected chi connectivity index (χ1v) is 10.6. The molecule has 0 spiro atoms. The molecule has 1 saturated heterocycles. The zero-order chi connectivity index (χ0) is 21.3. The van der Waals surface area contributed by atoms with Gasteiger partial charge in [0.25, 0.3) is 0 Å². The highest BCUT2D eigenvalue weighted by Crippen LogP contribution is 2.22. The molecule has 0 aromatic heterocycles. The molecule has 2 aromatic rings. The number of rotatable bonds is 7. The fourth-order valence-corrected chi connectivity index (χ4v) is 3.69. The Bertz CT molecular complexity index is 815. The van der Waals surface area contributed by atoms with E-state index in [1.807, 2.05) is 30.3 Å². The number of benzene rings is 2. The molecule has 1 aliphatic heterocycles. The summed E-state index contributed by atoms with van der Waals surface area (Å²) in [6.45, 7) is 6.79. The van der Waals surface area contributed by atoms with Crippen LogP contribution >= 0.6 is 0 Å². The molecule has 160 valence electrons. The van der Waals surface area contributed by atoms with Crippen LogP contribution < -0.4 is 10.6 Å². The first-order chi connectivity index (χ1) is 14.5. The van der Waals surface area contributed by atoms with Crippen molar-refractivity contribution in [1.29, 1.82) is 0 Å². The summed E-state index contributed by atoms with van der Waals surface area (Å²) in [7, 11) is 2.12. The lowest BCUT2D eigenvalue weighted by molar-refractivity contribution is -0.139. The maximum Gasteiger partial charge on any atom is 0.309 e. The molecule has 6 nitrogen and oxygen atoms in total. The van der Waals surface area contributed by atoms with E-state index in [2.05, 4.69) is 58.7 Å². The lowest BCUT2D eigenvalue weighted by Gasteiger charge is -2.38. The van der Waals surface area contributed by atoms with E-state index in [1.54, 1.807) is 0 Å². The summed E-state index contributed by atoms with van der Waals surface area (Å²) in [6, 6.07) is 18.4. The quantitative estimate of drug-likeness (QED) is 0.686. The molecular weight excluding hydrogens is 376 g/mol. The van der Waals surface area contributed by atoms with Crippen LogP contribution in [0.25, 0.3) is 0 Å². The number of carbonyl (C=O) groups is 2. The molecule has 1 heterocycles. The van der Waals surface area contributed by atoms with Gasteiger partial charge in [-0.1, -0.05) is 60.2 Å². The van der Waals surface area contributed by atoms with Gasteiger partial charge in [0, 0.05) is 39.3 Å². The first kappa shape index (κ1) is 22.0. The molecule has 1 atom stereocenters. The Balaban J connectivity index is 1.54. The second kappa shape index (κ2) is 10.9. The van der Waals surface area contributed by atoms with Gasteiger partial charge in [-0.05, 0) is 31.5 Å². The maximum absolute atomic E-state index is 12.4. The third-order valence-corrected chi connectivity index (χ3v) is 5.65. The van der Waals surface area contributed by atoms with E-state index in [-0.39, 0.29) is 6.04 Å². The van der Waals surface area contributed by atoms with Gasteiger partial charge in [-0.25, -0.2) is 0 Å². The number of hydrogen-bond donors (Lipinski definition) is 2. The van der Waals surface area contributed by atoms with Crippen molar-refractivity contribution in [2.75, 3.05) is 46.3 Å². The zero-order valence-electron chi connectivity index (χ0n) is 17.9. The highest BCUT2D eigenvalue weighted by Gasteiger charge is 2.25. The highest BCUT2D eigenvalue weighted by atomic mass is 16.2. The van der Waals surface area contributed by atoms with Crippen molar-refractivity contribution in [3.8, 4) is 0 Å². The molecule has 2 aromatic carbocycles. The average Bonchev–Trinajstić information content (AvgIpc) is 2.76. The van der Waals surface area contributed by atoms with Crippen molar-refractivity contribution in [3.63, 3.8) is 0 Å². The van der Waals surface area contributed by atoms with Crippen LogP contribution in [0, 0.1) is 6.92 Å². The number of nitrogens with one attached hydrogen (secondary N) is 2. The molecule has 1 aliphatic rings. The van der Waals surface area contributed by atoms with Gasteiger partial charge in [-0.3, -0.25) is 14.5 Å². The van der Waals surface area contributed by atoms with E-state index in [9.17, 15) is 9.59 Å². The van der Waals surface area contributed by atoms with Gasteiger partial charge < -0.3 is 15.5 Å². The molecule has 1 fully saturated rings. The monoisotopic (exact) mass is 408 g/mol. The minimum Gasteiger partial charge on any atom is -0.348 e. The van der Waals surface area contributed by atoms with Crippen molar-refractivity contribution in [1.82, 2.24) is 20.4 Å². The van der Waals surface area contributed by atoms with E-state index in [0.29, 0.717) is 19.5 Å². The Morgan fingerprint density at radius 3 is 2.20 bits per heavy atom. The minimum atomic E-state index is -0.577. The second-order valence-electron chi connectivity index (χ2n) is 7.97. The van der Waals surface area contributed by atoms with Gasteiger partial charge in [-0.15, -0.1) is 0 Å². The molecule has 30 heavy (non-hydrogen) atoms. The summed E-state index contributed by atoms with van der Waals surface area (Å²) < 4.78 is 0. The van der Waals surface area contributed by atoms with E-state index >= 15 is 0 Å². The van der Waals surface area contributed by atoms with Crippen LogP contribution in [0.3, 0.4) is 0 Å². The van der Waals surface area contributed by atoms with Crippen LogP contribution in [0.5, 0.6) is 0 Å². The Morgan fingerprint density at radius 1 is 0.900 bits per heavy atom. The molecule has 0 saturated carbocycles. The number of piperazine rings is 1. The Morgan fingerprint density at radius 2 is 1.53 bits per heavy atom. The van der Waals surface area contributed by atoms with Crippen molar-refractivity contribution in [2.45, 2.75) is 19.4 Å². The standard InChI is InChI=1S/C24H32N4O2/c1-19-8-10-21(11-9-19)22(28-16-14-27(2)15-17-28)18-26-24(30)23(29)25-13-12-20-6-4-3-5-7-20/h3-11,22H,12-18H2,1-2H3,(H,25,29)(H,26,30)/t22-/m1/s1. The lowest BCUT2D eigenvalue weighted by Crippen LogP contribution is -2.49.